The van der Waals surface area contributed by atoms with Gasteiger partial charge in [-0.2, -0.15) is 5.10 Å². The molecule has 7 heteroatoms. The summed E-state index contributed by atoms with van der Waals surface area (Å²) in [6.07, 6.45) is 1.24. The first-order chi connectivity index (χ1) is 9.58. The van der Waals surface area contributed by atoms with Crippen LogP contribution in [0.3, 0.4) is 0 Å². The molecule has 0 aromatic carbocycles. The van der Waals surface area contributed by atoms with Crippen molar-refractivity contribution in [2.45, 2.75) is 45.8 Å². The van der Waals surface area contributed by atoms with E-state index in [-0.39, 0.29) is 11.0 Å². The second kappa shape index (κ2) is 4.91. The summed E-state index contributed by atoms with van der Waals surface area (Å²) >= 11 is 0. The van der Waals surface area contributed by atoms with Crippen LogP contribution in [0.1, 0.15) is 40.3 Å². The van der Waals surface area contributed by atoms with E-state index in [4.69, 9.17) is 9.47 Å². The van der Waals surface area contributed by atoms with Crippen LogP contribution in [0.5, 0.6) is 0 Å². The molecule has 0 amide bonds. The lowest BCUT2D eigenvalue weighted by Gasteiger charge is -2.29. The predicted molar refractivity (Wildman–Crippen MR) is 75.3 cm³/mol. The Labute approximate surface area is 122 Å². The first kappa shape index (κ1) is 15.1. The molecular formula is C14H19N3O4. The number of carbonyl (C=O) groups is 2. The smallest absolute Gasteiger partial charge is 0.350 e. The Balaban J connectivity index is 2.13. The lowest BCUT2D eigenvalue weighted by atomic mass is 9.92. The lowest BCUT2D eigenvalue weighted by molar-refractivity contribution is -0.222. The number of hydrogen-bond acceptors (Lipinski definition) is 6. The minimum atomic E-state index is -1.24. The number of esters is 2. The van der Waals surface area contributed by atoms with E-state index < -0.39 is 17.7 Å². The van der Waals surface area contributed by atoms with Gasteiger partial charge < -0.3 is 14.8 Å². The molecule has 0 unspecified atom stereocenters. The van der Waals surface area contributed by atoms with Crippen LogP contribution in [-0.2, 0) is 24.5 Å². The van der Waals surface area contributed by atoms with Gasteiger partial charge in [0.2, 0.25) is 0 Å². The zero-order valence-electron chi connectivity index (χ0n) is 12.7. The third kappa shape index (κ3) is 3.42. The average molecular weight is 293 g/mol. The number of rotatable bonds is 2. The lowest BCUT2D eigenvalue weighted by Crippen LogP contribution is -2.42. The fraction of sp³-hybridized carbons (Fsp3) is 0.500. The number of carbonyl (C=O) groups excluding carboxylic acids is 2. The van der Waals surface area contributed by atoms with Crippen molar-refractivity contribution in [1.82, 2.24) is 10.2 Å². The molecule has 1 fully saturated rings. The number of nitrogens with one attached hydrogen (secondary N) is 2. The quantitative estimate of drug-likeness (QED) is 0.491. The summed E-state index contributed by atoms with van der Waals surface area (Å²) in [5.74, 6) is -2.19. The molecule has 1 saturated heterocycles. The van der Waals surface area contributed by atoms with Gasteiger partial charge in [-0.1, -0.05) is 20.8 Å². The highest BCUT2D eigenvalue weighted by Gasteiger charge is 2.38. The largest absolute Gasteiger partial charge is 0.419 e. The summed E-state index contributed by atoms with van der Waals surface area (Å²) in [5, 5.41) is 9.74. The van der Waals surface area contributed by atoms with E-state index in [2.05, 4.69) is 15.5 Å². The van der Waals surface area contributed by atoms with Crippen LogP contribution in [0.25, 0.3) is 0 Å². The van der Waals surface area contributed by atoms with Crippen molar-refractivity contribution < 1.29 is 19.1 Å². The van der Waals surface area contributed by atoms with Gasteiger partial charge in [0, 0.05) is 37.2 Å². The summed E-state index contributed by atoms with van der Waals surface area (Å²) in [7, 11) is 0. The van der Waals surface area contributed by atoms with E-state index in [0.717, 1.165) is 5.69 Å². The maximum absolute atomic E-state index is 11.7. The second-order valence-electron chi connectivity index (χ2n) is 6.30. The molecule has 0 bridgehead atoms. The SMILES string of the molecule is CC1(C)OC(=O)C(=CNc2cc(C(C)(C)C)[nH]n2)C(=O)O1. The van der Waals surface area contributed by atoms with Gasteiger partial charge in [-0.25, -0.2) is 9.59 Å². The number of nitrogens with zero attached hydrogens (tertiary/aromatic N) is 1. The fourth-order valence-electron chi connectivity index (χ4n) is 1.70. The van der Waals surface area contributed by atoms with Gasteiger partial charge >= 0.3 is 11.9 Å². The molecule has 0 spiro atoms. The molecule has 1 aromatic rings. The first-order valence-corrected chi connectivity index (χ1v) is 6.58. The highest BCUT2D eigenvalue weighted by Crippen LogP contribution is 2.24. The van der Waals surface area contributed by atoms with Crippen molar-refractivity contribution in [3.63, 3.8) is 0 Å². The summed E-state index contributed by atoms with van der Waals surface area (Å²) in [4.78, 5) is 23.5. The van der Waals surface area contributed by atoms with E-state index in [9.17, 15) is 9.59 Å². The number of aromatic nitrogens is 2. The zero-order chi connectivity index (χ0) is 15.8. The van der Waals surface area contributed by atoms with Crippen molar-refractivity contribution in [3.05, 3.63) is 23.5 Å². The average Bonchev–Trinajstić information content (AvgIpc) is 2.74. The fourth-order valence-corrected chi connectivity index (χ4v) is 1.70. The van der Waals surface area contributed by atoms with E-state index >= 15 is 0 Å². The van der Waals surface area contributed by atoms with Crippen molar-refractivity contribution in [3.8, 4) is 0 Å². The topological polar surface area (TPSA) is 93.3 Å². The minimum absolute atomic E-state index is 0.0766. The van der Waals surface area contributed by atoms with E-state index in [1.165, 1.54) is 20.0 Å². The van der Waals surface area contributed by atoms with Gasteiger partial charge in [0.05, 0.1) is 0 Å². The standard InChI is InChI=1S/C14H19N3O4/c1-13(2,3)9-6-10(17-16-9)15-7-8-11(18)20-14(4,5)21-12(8)19/h6-7H,1-5H3,(H2,15,16,17). The molecule has 0 atom stereocenters. The minimum Gasteiger partial charge on any atom is -0.419 e. The van der Waals surface area contributed by atoms with Crippen LogP contribution in [0, 0.1) is 0 Å². The van der Waals surface area contributed by atoms with Crippen LogP contribution in [0.15, 0.2) is 17.8 Å². The molecule has 1 aliphatic rings. The Morgan fingerprint density at radius 3 is 2.29 bits per heavy atom. The highest BCUT2D eigenvalue weighted by molar-refractivity contribution is 6.15. The van der Waals surface area contributed by atoms with E-state index in [1.54, 1.807) is 6.07 Å². The first-order valence-electron chi connectivity index (χ1n) is 6.58. The third-order valence-corrected chi connectivity index (χ3v) is 2.87. The molecule has 2 heterocycles. The zero-order valence-corrected chi connectivity index (χ0v) is 12.7. The van der Waals surface area contributed by atoms with Gasteiger partial charge in [0.25, 0.3) is 5.79 Å². The Morgan fingerprint density at radius 2 is 1.81 bits per heavy atom. The van der Waals surface area contributed by atoms with Crippen molar-refractivity contribution in [2.24, 2.45) is 0 Å². The van der Waals surface area contributed by atoms with Gasteiger partial charge in [0.15, 0.2) is 11.4 Å². The van der Waals surface area contributed by atoms with Gasteiger partial charge in [-0.15, -0.1) is 0 Å². The molecule has 0 aliphatic carbocycles. The monoisotopic (exact) mass is 293 g/mol. The van der Waals surface area contributed by atoms with Crippen LogP contribution in [-0.4, -0.2) is 27.9 Å². The Bertz CT molecular complexity index is 586. The third-order valence-electron chi connectivity index (χ3n) is 2.87. The number of ether oxygens (including phenoxy) is 2. The molecule has 2 rings (SSSR count). The van der Waals surface area contributed by atoms with E-state index in [0.29, 0.717) is 5.82 Å². The summed E-state index contributed by atoms with van der Waals surface area (Å²) in [5.41, 5.74) is 0.653. The van der Waals surface area contributed by atoms with Crippen LogP contribution in [0.4, 0.5) is 5.82 Å². The Kier molecular flexibility index (Phi) is 3.52. The van der Waals surface area contributed by atoms with Crippen LogP contribution < -0.4 is 5.32 Å². The van der Waals surface area contributed by atoms with Crippen LogP contribution >= 0.6 is 0 Å². The van der Waals surface area contributed by atoms with E-state index in [1.807, 2.05) is 20.8 Å². The van der Waals surface area contributed by atoms with Gasteiger partial charge in [0.1, 0.15) is 0 Å². The Morgan fingerprint density at radius 1 is 1.24 bits per heavy atom. The van der Waals surface area contributed by atoms with Crippen molar-refractivity contribution in [2.75, 3.05) is 5.32 Å². The number of aromatic amines is 1. The van der Waals surface area contributed by atoms with Crippen LogP contribution in [0.2, 0.25) is 0 Å². The maximum Gasteiger partial charge on any atom is 0.350 e. The molecular weight excluding hydrogens is 274 g/mol. The number of anilines is 1. The molecule has 1 aliphatic heterocycles. The molecule has 7 nitrogen and oxygen atoms in total. The molecule has 1 aromatic heterocycles. The summed E-state index contributed by atoms with van der Waals surface area (Å²) in [6.45, 7) is 9.12. The summed E-state index contributed by atoms with van der Waals surface area (Å²) < 4.78 is 9.97. The molecule has 2 N–H and O–H groups in total. The van der Waals surface area contributed by atoms with Crippen molar-refractivity contribution in [1.29, 1.82) is 0 Å². The predicted octanol–water partition coefficient (Wildman–Crippen LogP) is 1.84. The molecule has 114 valence electrons. The maximum atomic E-state index is 11.7. The molecule has 0 saturated carbocycles. The van der Waals surface area contributed by atoms with Gasteiger partial charge in [-0.05, 0) is 0 Å². The molecule has 0 radical (unpaired) electrons. The second-order valence-corrected chi connectivity index (χ2v) is 6.30. The van der Waals surface area contributed by atoms with Crippen molar-refractivity contribution >= 4 is 17.8 Å². The Hall–Kier alpha value is -2.31. The normalized spacial score (nSPS) is 18.0. The number of H-pyrrole nitrogens is 1. The summed E-state index contributed by atoms with van der Waals surface area (Å²) in [6, 6.07) is 1.81. The molecule has 21 heavy (non-hydrogen) atoms. The number of hydrogen-bond donors (Lipinski definition) is 2. The van der Waals surface area contributed by atoms with Gasteiger partial charge in [-0.3, -0.25) is 5.10 Å². The highest BCUT2D eigenvalue weighted by atomic mass is 16.7. The number of cyclic esters (lactones) is 2.